The summed E-state index contributed by atoms with van der Waals surface area (Å²) in [5, 5.41) is 39.5. The van der Waals surface area contributed by atoms with Crippen molar-refractivity contribution < 1.29 is 0 Å². The summed E-state index contributed by atoms with van der Waals surface area (Å²) in [5.41, 5.74) is 30.3. The molecular formula is C50H39ClN14. The predicted molar refractivity (Wildman–Crippen MR) is 258 cm³/mol. The summed E-state index contributed by atoms with van der Waals surface area (Å²) in [7, 11) is 0. The molecule has 14 nitrogen and oxygen atoms in total. The van der Waals surface area contributed by atoms with Crippen LogP contribution in [0.2, 0.25) is 5.28 Å². The minimum Gasteiger partial charge on any atom is -0.384 e. The van der Waals surface area contributed by atoms with E-state index in [4.69, 9.17) is 54.8 Å². The lowest BCUT2D eigenvalue weighted by Gasteiger charge is -2.15. The summed E-state index contributed by atoms with van der Waals surface area (Å²) in [6.45, 7) is 8.15. The number of fused-ring (bicyclic) bond motifs is 2. The number of nitriles is 4. The normalized spacial score (nSPS) is 10.5. The molecule has 316 valence electrons. The molecule has 7 N–H and O–H groups in total. The van der Waals surface area contributed by atoms with Gasteiger partial charge in [0.1, 0.15) is 35.4 Å². The van der Waals surface area contributed by atoms with Crippen LogP contribution in [0.25, 0.3) is 56.2 Å². The molecule has 0 saturated carbocycles. The van der Waals surface area contributed by atoms with Gasteiger partial charge in [0.15, 0.2) is 0 Å². The van der Waals surface area contributed by atoms with Gasteiger partial charge in [0, 0.05) is 46.4 Å². The van der Waals surface area contributed by atoms with Crippen LogP contribution in [0.4, 0.5) is 29.2 Å². The van der Waals surface area contributed by atoms with Gasteiger partial charge in [0.2, 0.25) is 11.2 Å². The van der Waals surface area contributed by atoms with Crippen molar-refractivity contribution in [2.45, 2.75) is 27.7 Å². The molecule has 0 spiro atoms. The Hall–Kier alpha value is -9.21. The van der Waals surface area contributed by atoms with E-state index in [1.807, 2.05) is 113 Å². The fraction of sp³-hybridized carbons (Fsp3) is 0.0800. The van der Waals surface area contributed by atoms with Crippen LogP contribution in [0.15, 0.2) is 109 Å². The summed E-state index contributed by atoms with van der Waals surface area (Å²) < 4.78 is 0. The van der Waals surface area contributed by atoms with Crippen LogP contribution in [0, 0.1) is 73.0 Å². The number of pyridine rings is 2. The monoisotopic (exact) mass is 870 g/mol. The van der Waals surface area contributed by atoms with Gasteiger partial charge >= 0.3 is 0 Å². The number of nitrogens with zero attached hydrogens (tertiary/aromatic N) is 10. The fourth-order valence-corrected chi connectivity index (χ4v) is 7.38. The number of allylic oxidation sites excluding steroid dienone is 2. The summed E-state index contributed by atoms with van der Waals surface area (Å²) in [6, 6.07) is 34.4. The molecule has 4 aromatic carbocycles. The zero-order chi connectivity index (χ0) is 46.6. The Balaban J connectivity index is 0.000000186. The van der Waals surface area contributed by atoms with Gasteiger partial charge in [-0.25, -0.2) is 24.9 Å². The second-order valence-electron chi connectivity index (χ2n) is 14.5. The Bertz CT molecular complexity index is 3270. The number of benzene rings is 4. The molecule has 0 radical (unpaired) electrons. The molecule has 8 rings (SSSR count). The van der Waals surface area contributed by atoms with Crippen LogP contribution in [-0.2, 0) is 0 Å². The summed E-state index contributed by atoms with van der Waals surface area (Å²) in [5.74, 6) is 2.01. The number of nitrogens with two attached hydrogens (primary N) is 3. The van der Waals surface area contributed by atoms with E-state index in [0.717, 1.165) is 77.4 Å². The molecule has 0 aliphatic heterocycles. The van der Waals surface area contributed by atoms with Gasteiger partial charge in [-0.15, -0.1) is 0 Å². The fourth-order valence-electron chi connectivity index (χ4n) is 7.21. The third-order valence-corrected chi connectivity index (χ3v) is 10.1. The largest absolute Gasteiger partial charge is 0.384 e. The van der Waals surface area contributed by atoms with E-state index in [2.05, 4.69) is 30.2 Å². The van der Waals surface area contributed by atoms with Gasteiger partial charge in [-0.1, -0.05) is 48.5 Å². The molecule has 0 atom stereocenters. The maximum atomic E-state index is 8.95. The molecule has 0 unspecified atom stereocenters. The molecule has 4 heterocycles. The van der Waals surface area contributed by atoms with Gasteiger partial charge in [-0.05, 0) is 132 Å². The van der Waals surface area contributed by atoms with E-state index in [9.17, 15) is 0 Å². The van der Waals surface area contributed by atoms with Crippen molar-refractivity contribution >= 4 is 74.8 Å². The Morgan fingerprint density at radius 2 is 1.05 bits per heavy atom. The lowest BCUT2D eigenvalue weighted by molar-refractivity contribution is 1.19. The number of hydrogen-bond donors (Lipinski definition) is 4. The Morgan fingerprint density at radius 3 is 1.49 bits per heavy atom. The van der Waals surface area contributed by atoms with Gasteiger partial charge in [-0.2, -0.15) is 26.0 Å². The number of aromatic nitrogens is 6. The lowest BCUT2D eigenvalue weighted by atomic mass is 9.92. The second-order valence-corrected chi connectivity index (χ2v) is 14.8. The van der Waals surface area contributed by atoms with Gasteiger partial charge in [0.05, 0.1) is 34.3 Å². The van der Waals surface area contributed by atoms with Crippen molar-refractivity contribution in [2.75, 3.05) is 22.5 Å². The third-order valence-electron chi connectivity index (χ3n) is 9.88. The van der Waals surface area contributed by atoms with Crippen molar-refractivity contribution in [1.82, 2.24) is 29.9 Å². The van der Waals surface area contributed by atoms with Crippen LogP contribution in [0.1, 0.15) is 44.5 Å². The molecule has 8 aromatic rings. The molecule has 0 fully saturated rings. The number of halogens is 1. The van der Waals surface area contributed by atoms with Crippen LogP contribution >= 0.6 is 11.6 Å². The number of hydrogen-bond acceptors (Lipinski definition) is 14. The quantitative estimate of drug-likeness (QED) is 0.0895. The highest BCUT2D eigenvalue weighted by Gasteiger charge is 2.16. The summed E-state index contributed by atoms with van der Waals surface area (Å²) in [6.07, 6.45) is 9.44. The van der Waals surface area contributed by atoms with Crippen LogP contribution < -0.4 is 22.5 Å². The number of aryl methyl sites for hydroxylation is 4. The first-order chi connectivity index (χ1) is 31.3. The minimum absolute atomic E-state index is 0.135. The van der Waals surface area contributed by atoms with E-state index in [1.165, 1.54) is 24.5 Å². The molecule has 4 aromatic heterocycles. The van der Waals surface area contributed by atoms with Crippen LogP contribution in [0.5, 0.6) is 0 Å². The zero-order valence-electron chi connectivity index (χ0n) is 35.6. The average Bonchev–Trinajstić information content (AvgIpc) is 3.28. The van der Waals surface area contributed by atoms with Crippen molar-refractivity contribution in [2.24, 2.45) is 0 Å². The molecule has 0 saturated heterocycles. The number of para-hydroxylation sites is 2. The highest BCUT2D eigenvalue weighted by molar-refractivity contribution is 6.29. The van der Waals surface area contributed by atoms with Crippen LogP contribution in [-0.4, -0.2) is 29.9 Å². The van der Waals surface area contributed by atoms with Gasteiger partial charge in [-0.3, -0.25) is 0 Å². The maximum Gasteiger partial charge on any atom is 0.230 e. The van der Waals surface area contributed by atoms with Crippen molar-refractivity contribution in [3.8, 4) is 46.5 Å². The molecule has 0 amide bonds. The zero-order valence-corrected chi connectivity index (χ0v) is 36.4. The molecule has 0 aliphatic carbocycles. The Morgan fingerprint density at radius 1 is 0.569 bits per heavy atom. The minimum atomic E-state index is 0.135. The Kier molecular flexibility index (Phi) is 14.3. The van der Waals surface area contributed by atoms with Crippen molar-refractivity contribution in [1.29, 1.82) is 21.0 Å². The number of rotatable bonds is 6. The van der Waals surface area contributed by atoms with E-state index >= 15 is 0 Å². The average molecular weight is 871 g/mol. The van der Waals surface area contributed by atoms with Gasteiger partial charge < -0.3 is 22.5 Å². The first-order valence-electron chi connectivity index (χ1n) is 19.7. The topological polar surface area (TPSA) is 263 Å². The number of anilines is 5. The van der Waals surface area contributed by atoms with Gasteiger partial charge in [0.25, 0.3) is 0 Å². The maximum absolute atomic E-state index is 8.95. The molecule has 65 heavy (non-hydrogen) atoms. The van der Waals surface area contributed by atoms with Crippen LogP contribution in [0.3, 0.4) is 0 Å². The highest BCUT2D eigenvalue weighted by atomic mass is 35.5. The van der Waals surface area contributed by atoms with E-state index in [-0.39, 0.29) is 5.28 Å². The van der Waals surface area contributed by atoms with Crippen molar-refractivity contribution in [3.05, 3.63) is 159 Å². The van der Waals surface area contributed by atoms with Crippen molar-refractivity contribution in [3.63, 3.8) is 0 Å². The molecule has 0 bridgehead atoms. The number of nitrogen functional groups attached to an aromatic ring is 3. The SMILES string of the molecule is Cc1cc(/C=C/C#N)cc(C)c1-c1cccc2c(N)nc(Cl)nc12.Cc1cc(/C=C/C#N)cc(C)c1-c1cccc2c(N)nc(Nc3ccc(C#N)cn3)nc12.N#Cc1ccc(N)nc1. The predicted octanol–water partition coefficient (Wildman–Crippen LogP) is 10.3. The first-order valence-corrected chi connectivity index (χ1v) is 20.1. The second kappa shape index (κ2) is 20.6. The standard InChI is InChI=1S/C25H19N7.C19H15ClN4.C6H5N3/c1-15-11-17(5-4-10-26)12-16(2)22(15)19-6-3-7-20-23(19)31-25(32-24(20)28)30-21-9-8-18(13-27)14-29-21;1-11-9-13(5-4-8-21)10-12(2)16(11)14-6-3-7-15-17(14)23-19(20)24-18(15)22;7-3-5-1-2-6(8)9-4-5/h3-9,11-12,14H,1-2H3,(H3,28,29,30,31,32);3-7,9-10H,1-2H3,(H2,22,23,24);1-2,4H,(H2,8,9)/b2*5-4+;. The smallest absolute Gasteiger partial charge is 0.230 e. The lowest BCUT2D eigenvalue weighted by Crippen LogP contribution is -2.04. The summed E-state index contributed by atoms with van der Waals surface area (Å²) in [4.78, 5) is 25.4. The first kappa shape index (κ1) is 45.3. The van der Waals surface area contributed by atoms with E-state index in [0.29, 0.717) is 40.3 Å². The molecule has 15 heteroatoms. The molecular weight excluding hydrogens is 832 g/mol. The third kappa shape index (κ3) is 10.8. The molecule has 0 aliphatic rings. The Labute approximate surface area is 380 Å². The number of nitrogens with one attached hydrogen (secondary N) is 1. The van der Waals surface area contributed by atoms with E-state index in [1.54, 1.807) is 36.4 Å². The highest BCUT2D eigenvalue weighted by Crippen LogP contribution is 2.37. The summed E-state index contributed by atoms with van der Waals surface area (Å²) >= 11 is 6.00. The van der Waals surface area contributed by atoms with E-state index < -0.39 is 0 Å².